The number of ether oxygens (including phenoxy) is 6. The number of carbonyl (C=O) groups excluding carboxylic acids is 4. The molecule has 0 aromatic heterocycles. The van der Waals surface area contributed by atoms with Crippen molar-refractivity contribution in [3.8, 4) is 46.0 Å². The Bertz CT molecular complexity index is 3300. The largest absolute Gasteiger partial charge is 0.504 e. The summed E-state index contributed by atoms with van der Waals surface area (Å²) < 4.78 is 31.7. The van der Waals surface area contributed by atoms with Crippen molar-refractivity contribution < 1.29 is 57.8 Å². The third kappa shape index (κ3) is 19.0. The number of nitrogens with one attached hydrogen (secondary N) is 1. The van der Waals surface area contributed by atoms with E-state index in [1.807, 2.05) is 97.1 Å². The van der Waals surface area contributed by atoms with E-state index < -0.39 is 0 Å². The molecule has 0 aliphatic carbocycles. The number of likely N-dealkylation sites (tertiary alicyclic amines) is 2. The van der Waals surface area contributed by atoms with Gasteiger partial charge in [0.15, 0.2) is 46.0 Å². The number of phenolic OH excluding ortho intramolecular Hbond substituents is 2. The van der Waals surface area contributed by atoms with Crippen LogP contribution in [0.1, 0.15) is 133 Å². The van der Waals surface area contributed by atoms with Crippen molar-refractivity contribution in [2.24, 2.45) is 11.8 Å². The van der Waals surface area contributed by atoms with Crippen LogP contribution in [-0.2, 0) is 48.9 Å². The summed E-state index contributed by atoms with van der Waals surface area (Å²) in [4.78, 5) is 64.3. The van der Waals surface area contributed by atoms with Crippen LogP contribution in [0.3, 0.4) is 0 Å². The van der Waals surface area contributed by atoms with Crippen LogP contribution in [0, 0.1) is 11.8 Å². The zero-order valence-corrected chi connectivity index (χ0v) is 55.3. The van der Waals surface area contributed by atoms with E-state index >= 15 is 0 Å². The minimum atomic E-state index is -0.168. The second kappa shape index (κ2) is 34.6. The number of aromatic hydroxyl groups is 2. The number of nitrogens with zero attached hydrogens (tertiary/aromatic N) is 5. The molecule has 91 heavy (non-hydrogen) atoms. The highest BCUT2D eigenvalue weighted by Crippen LogP contribution is 2.33. The Morgan fingerprint density at radius 3 is 1.19 bits per heavy atom. The SMILES string of the molecule is CCC(CC)C(=O)N(Cc1ccc(C(=O)N(C)Cc2ccc(OC)c(OC)c2)cc1)C1CCN(Cc2ccc(OC)c(O)c2)CC1.CCC(CC)C(=O)N(Cc1ccc(C(=O)NCc2ccc(OC)c(OC)c2)cc1)C1CCN(Cc2ccc(OC)c(O)c2)CC1. The molecule has 6 aromatic rings. The van der Waals surface area contributed by atoms with Gasteiger partial charge in [-0.15, -0.1) is 0 Å². The molecule has 2 fully saturated rings. The molecular formula is C73H96N6O12. The fourth-order valence-corrected chi connectivity index (χ4v) is 12.2. The highest BCUT2D eigenvalue weighted by Gasteiger charge is 2.33. The third-order valence-corrected chi connectivity index (χ3v) is 17.8. The van der Waals surface area contributed by atoms with E-state index in [1.54, 1.807) is 78.9 Å². The first-order valence-electron chi connectivity index (χ1n) is 31.9. The number of piperidine rings is 2. The highest BCUT2D eigenvalue weighted by atomic mass is 16.5. The van der Waals surface area contributed by atoms with Crippen LogP contribution in [0.25, 0.3) is 0 Å². The maximum absolute atomic E-state index is 13.8. The summed E-state index contributed by atoms with van der Waals surface area (Å²) in [6.07, 6.45) is 6.76. The molecule has 0 spiro atoms. The van der Waals surface area contributed by atoms with Crippen molar-refractivity contribution in [2.75, 3.05) is 75.9 Å². The number of hydrogen-bond acceptors (Lipinski definition) is 14. The summed E-state index contributed by atoms with van der Waals surface area (Å²) in [5, 5.41) is 23.3. The van der Waals surface area contributed by atoms with E-state index in [9.17, 15) is 29.4 Å². The maximum Gasteiger partial charge on any atom is 0.253 e. The lowest BCUT2D eigenvalue weighted by atomic mass is 9.96. The van der Waals surface area contributed by atoms with Gasteiger partial charge in [0, 0.05) is 108 Å². The van der Waals surface area contributed by atoms with Gasteiger partial charge >= 0.3 is 0 Å². The van der Waals surface area contributed by atoms with Crippen molar-refractivity contribution in [3.63, 3.8) is 0 Å². The van der Waals surface area contributed by atoms with Gasteiger partial charge in [-0.1, -0.05) is 76.2 Å². The Balaban J connectivity index is 0.000000259. The number of carbonyl (C=O) groups is 4. The van der Waals surface area contributed by atoms with Gasteiger partial charge in [-0.05, 0) is 158 Å². The zero-order valence-electron chi connectivity index (χ0n) is 55.3. The first-order valence-corrected chi connectivity index (χ1v) is 31.9. The van der Waals surface area contributed by atoms with E-state index in [-0.39, 0.29) is 59.0 Å². The van der Waals surface area contributed by atoms with Crippen LogP contribution in [0.4, 0.5) is 0 Å². The summed E-state index contributed by atoms with van der Waals surface area (Å²) in [5.74, 6) is 3.91. The second-order valence-corrected chi connectivity index (χ2v) is 23.6. The van der Waals surface area contributed by atoms with Crippen molar-refractivity contribution in [3.05, 3.63) is 166 Å². The van der Waals surface area contributed by atoms with Crippen molar-refractivity contribution in [1.29, 1.82) is 0 Å². The molecule has 2 heterocycles. The van der Waals surface area contributed by atoms with Gasteiger partial charge in [0.05, 0.1) is 42.7 Å². The molecule has 2 aliphatic heterocycles. The molecule has 4 amide bonds. The summed E-state index contributed by atoms with van der Waals surface area (Å²) >= 11 is 0. The maximum atomic E-state index is 13.8. The van der Waals surface area contributed by atoms with Crippen LogP contribution in [0.5, 0.6) is 46.0 Å². The molecule has 8 rings (SSSR count). The minimum absolute atomic E-state index is 0.00747. The van der Waals surface area contributed by atoms with Gasteiger partial charge in [-0.25, -0.2) is 0 Å². The van der Waals surface area contributed by atoms with E-state index in [1.165, 1.54) is 0 Å². The summed E-state index contributed by atoms with van der Waals surface area (Å²) in [6.45, 7) is 15.1. The predicted molar refractivity (Wildman–Crippen MR) is 354 cm³/mol. The summed E-state index contributed by atoms with van der Waals surface area (Å²) in [6, 6.07) is 37.8. The number of methoxy groups -OCH3 is 6. The molecular weight excluding hydrogens is 1150 g/mol. The van der Waals surface area contributed by atoms with Gasteiger partial charge < -0.3 is 58.7 Å². The van der Waals surface area contributed by atoms with Gasteiger partial charge in [0.2, 0.25) is 11.8 Å². The van der Waals surface area contributed by atoms with Crippen LogP contribution >= 0.6 is 0 Å². The third-order valence-electron chi connectivity index (χ3n) is 17.8. The van der Waals surface area contributed by atoms with Crippen LogP contribution in [0.2, 0.25) is 0 Å². The first kappa shape index (κ1) is 70.0. The molecule has 0 unspecified atom stereocenters. The average Bonchev–Trinajstić information content (AvgIpc) is 1.08. The van der Waals surface area contributed by atoms with Crippen molar-refractivity contribution >= 4 is 23.6 Å². The first-order chi connectivity index (χ1) is 44.0. The van der Waals surface area contributed by atoms with Crippen LogP contribution < -0.4 is 33.7 Å². The summed E-state index contributed by atoms with van der Waals surface area (Å²) in [7, 11) is 11.2. The number of phenols is 2. The van der Waals surface area contributed by atoms with Gasteiger partial charge in [-0.3, -0.25) is 29.0 Å². The molecule has 2 saturated heterocycles. The Morgan fingerprint density at radius 2 is 0.802 bits per heavy atom. The number of benzene rings is 6. The number of rotatable bonds is 28. The van der Waals surface area contributed by atoms with Crippen molar-refractivity contribution in [1.82, 2.24) is 29.8 Å². The minimum Gasteiger partial charge on any atom is -0.504 e. The lowest BCUT2D eigenvalue weighted by Gasteiger charge is -2.40. The summed E-state index contributed by atoms with van der Waals surface area (Å²) in [5.41, 5.74) is 7.08. The standard InChI is InChI=1S/C37H49N3O6.C36H47N3O6/c1-7-29(8-2)37(43)40(31-17-19-39(20-18-31)24-27-11-15-33(44-4)32(41)21-27)25-26-9-13-30(14-10-26)36(42)38(3)23-28-12-16-34(45-5)35(22-28)46-6;1-6-28(7-2)36(42)39(30-16-18-38(19-17-30)23-27-11-14-32(43-3)31(40)20-27)24-25-8-12-29(13-9-25)35(41)37-22-26-10-15-33(44-4)34(21-26)45-5/h9-16,21-22,29,31,41H,7-8,17-20,23-25H2,1-6H3;8-15,20-21,28,30,40H,6-7,16-19,22-24H2,1-5H3,(H,37,41). The molecule has 3 N–H and O–H groups in total. The molecule has 6 aromatic carbocycles. The van der Waals surface area contributed by atoms with Crippen LogP contribution in [-0.4, -0.2) is 146 Å². The Kier molecular flexibility index (Phi) is 26.6. The molecule has 18 nitrogen and oxygen atoms in total. The normalized spacial score (nSPS) is 13.8. The Labute approximate surface area is 538 Å². The molecule has 0 bridgehead atoms. The van der Waals surface area contributed by atoms with Gasteiger partial charge in [0.25, 0.3) is 11.8 Å². The highest BCUT2D eigenvalue weighted by molar-refractivity contribution is 5.94. The topological polar surface area (TPSA) is 192 Å². The van der Waals surface area contributed by atoms with Gasteiger partial charge in [-0.2, -0.15) is 0 Å². The van der Waals surface area contributed by atoms with E-state index in [0.29, 0.717) is 71.8 Å². The van der Waals surface area contributed by atoms with E-state index in [0.717, 1.165) is 124 Å². The Hall–Kier alpha value is -8.48. The van der Waals surface area contributed by atoms with E-state index in [2.05, 4.69) is 52.6 Å². The lowest BCUT2D eigenvalue weighted by Crippen LogP contribution is -2.48. The van der Waals surface area contributed by atoms with Gasteiger partial charge in [0.1, 0.15) is 0 Å². The number of hydrogen-bond donors (Lipinski definition) is 3. The van der Waals surface area contributed by atoms with Crippen molar-refractivity contribution in [2.45, 2.75) is 130 Å². The lowest BCUT2D eigenvalue weighted by molar-refractivity contribution is -0.140. The quantitative estimate of drug-likeness (QED) is 0.0420. The second-order valence-electron chi connectivity index (χ2n) is 23.6. The zero-order chi connectivity index (χ0) is 65.6. The molecule has 18 heteroatoms. The molecule has 0 atom stereocenters. The van der Waals surface area contributed by atoms with E-state index in [4.69, 9.17) is 28.4 Å². The van der Waals surface area contributed by atoms with Crippen LogP contribution in [0.15, 0.2) is 121 Å². The monoisotopic (exact) mass is 1250 g/mol. The molecule has 0 radical (unpaired) electrons. The average molecular weight is 1250 g/mol. The molecule has 2 aliphatic rings. The molecule has 490 valence electrons. The number of amides is 4. The fourth-order valence-electron chi connectivity index (χ4n) is 12.2. The smallest absolute Gasteiger partial charge is 0.253 e. The predicted octanol–water partition coefficient (Wildman–Crippen LogP) is 11.9. The molecule has 0 saturated carbocycles. The fraction of sp³-hybridized carbons (Fsp3) is 0.452. The Morgan fingerprint density at radius 1 is 0.451 bits per heavy atom.